The minimum Gasteiger partial charge on any atom is -0.428 e. The summed E-state index contributed by atoms with van der Waals surface area (Å²) < 4.78 is 54.8. The Bertz CT molecular complexity index is 551. The quantitative estimate of drug-likeness (QED) is 0.646. The molecule has 1 aliphatic carbocycles. The van der Waals surface area contributed by atoms with Gasteiger partial charge >= 0.3 is 12.5 Å². The third-order valence-electron chi connectivity index (χ3n) is 5.12. The van der Waals surface area contributed by atoms with E-state index in [1.807, 2.05) is 0 Å². The van der Waals surface area contributed by atoms with Crippen LogP contribution in [0.2, 0.25) is 0 Å². The number of halogens is 6. The average Bonchev–Trinajstić information content (AvgIpc) is 3.11. The topological polar surface area (TPSA) is 24.5 Å². The number of rotatable bonds is 6. The van der Waals surface area contributed by atoms with E-state index in [1.54, 1.807) is 12.1 Å². The summed E-state index contributed by atoms with van der Waals surface area (Å²) in [7, 11) is 0. The second-order valence-electron chi connectivity index (χ2n) is 6.81. The number of piperazine rings is 1. The number of ether oxygens (including phenoxy) is 1. The Kier molecular flexibility index (Phi) is 9.62. The van der Waals surface area contributed by atoms with E-state index >= 15 is 0 Å². The maximum Gasteiger partial charge on any atom is 0.461 e. The first-order valence-corrected chi connectivity index (χ1v) is 8.87. The van der Waals surface area contributed by atoms with Crippen molar-refractivity contribution in [1.29, 1.82) is 0 Å². The van der Waals surface area contributed by atoms with E-state index in [9.17, 15) is 17.6 Å². The highest BCUT2D eigenvalue weighted by molar-refractivity contribution is 5.85. The third kappa shape index (κ3) is 6.11. The van der Waals surface area contributed by atoms with Crippen LogP contribution in [0.15, 0.2) is 24.3 Å². The van der Waals surface area contributed by atoms with Gasteiger partial charge in [-0.2, -0.15) is 17.6 Å². The Morgan fingerprint density at radius 3 is 2.07 bits per heavy atom. The highest BCUT2D eigenvalue weighted by Gasteiger charge is 2.44. The molecule has 3 nitrogen and oxygen atoms in total. The molecule has 1 heterocycles. The van der Waals surface area contributed by atoms with Crippen molar-refractivity contribution >= 4 is 24.8 Å². The van der Waals surface area contributed by atoms with Crippen molar-refractivity contribution in [2.75, 3.05) is 26.2 Å². The second kappa shape index (κ2) is 10.7. The van der Waals surface area contributed by atoms with E-state index in [0.717, 1.165) is 44.6 Å². The Morgan fingerprint density at radius 2 is 1.56 bits per heavy atom. The Balaban J connectivity index is 0.00000182. The number of nitrogens with zero attached hydrogens (tertiary/aromatic N) is 1. The molecule has 1 N–H and O–H groups in total. The molecule has 0 bridgehead atoms. The highest BCUT2D eigenvalue weighted by atomic mass is 35.5. The Morgan fingerprint density at radius 1 is 1.00 bits per heavy atom. The van der Waals surface area contributed by atoms with Crippen LogP contribution in [-0.4, -0.2) is 43.6 Å². The normalized spacial score (nSPS) is 20.0. The van der Waals surface area contributed by atoms with Crippen LogP contribution in [-0.2, 0) is 0 Å². The molecule has 0 radical (unpaired) electrons. The molecule has 156 valence electrons. The summed E-state index contributed by atoms with van der Waals surface area (Å²) in [6.07, 6.45) is -3.55. The predicted molar refractivity (Wildman–Crippen MR) is 102 cm³/mol. The van der Waals surface area contributed by atoms with E-state index in [0.29, 0.717) is 5.92 Å². The maximum absolute atomic E-state index is 13.0. The molecule has 0 unspecified atom stereocenters. The van der Waals surface area contributed by atoms with E-state index < -0.39 is 12.5 Å². The number of hydrogen-bond acceptors (Lipinski definition) is 3. The minimum absolute atomic E-state index is 0. The standard InChI is InChI=1S/C18H24F4N2O.2ClH/c19-17(20)18(21,22)25-15-7-5-14(6-8-15)16(13-3-1-2-4-13)24-11-9-23-10-12-24;;/h5-8,13,16-17,23H,1-4,9-12H2;2*1H/t16-;;/m0../s1. The van der Waals surface area contributed by atoms with Gasteiger partial charge in [-0.05, 0) is 36.5 Å². The predicted octanol–water partition coefficient (Wildman–Crippen LogP) is 4.90. The lowest BCUT2D eigenvalue weighted by molar-refractivity contribution is -0.253. The van der Waals surface area contributed by atoms with Gasteiger partial charge in [0, 0.05) is 32.2 Å². The molecule has 0 aromatic heterocycles. The van der Waals surface area contributed by atoms with Gasteiger partial charge in [0.1, 0.15) is 5.75 Å². The molecule has 0 spiro atoms. The van der Waals surface area contributed by atoms with Crippen molar-refractivity contribution in [2.24, 2.45) is 5.92 Å². The van der Waals surface area contributed by atoms with Crippen LogP contribution in [0.1, 0.15) is 37.3 Å². The fraction of sp³-hybridized carbons (Fsp3) is 0.667. The number of alkyl halides is 4. The van der Waals surface area contributed by atoms with Gasteiger partial charge in [0.05, 0.1) is 0 Å². The summed E-state index contributed by atoms with van der Waals surface area (Å²) >= 11 is 0. The Labute approximate surface area is 169 Å². The zero-order valence-electron chi connectivity index (χ0n) is 14.9. The first kappa shape index (κ1) is 24.3. The second-order valence-corrected chi connectivity index (χ2v) is 6.81. The minimum atomic E-state index is -4.47. The summed E-state index contributed by atoms with van der Waals surface area (Å²) in [5.74, 6) is 0.312. The number of benzene rings is 1. The molecule has 3 rings (SSSR count). The van der Waals surface area contributed by atoms with Crippen LogP contribution in [0.4, 0.5) is 17.6 Å². The zero-order valence-corrected chi connectivity index (χ0v) is 16.5. The lowest BCUT2D eigenvalue weighted by atomic mass is 9.89. The van der Waals surface area contributed by atoms with Crippen molar-refractivity contribution in [3.05, 3.63) is 29.8 Å². The van der Waals surface area contributed by atoms with Gasteiger partial charge in [0.2, 0.25) is 0 Å². The average molecular weight is 433 g/mol. The molecule has 9 heteroatoms. The Hall–Kier alpha value is -0.760. The lowest BCUT2D eigenvalue weighted by Crippen LogP contribution is -2.46. The largest absolute Gasteiger partial charge is 0.461 e. The van der Waals surface area contributed by atoms with Crippen LogP contribution >= 0.6 is 24.8 Å². The molecule has 1 aromatic rings. The van der Waals surface area contributed by atoms with Crippen LogP contribution in [0, 0.1) is 5.92 Å². The summed E-state index contributed by atoms with van der Waals surface area (Å²) in [6, 6.07) is 6.46. The van der Waals surface area contributed by atoms with Crippen molar-refractivity contribution < 1.29 is 22.3 Å². The number of nitrogens with one attached hydrogen (secondary N) is 1. The van der Waals surface area contributed by atoms with Gasteiger partial charge in [0.25, 0.3) is 0 Å². The maximum atomic E-state index is 13.0. The van der Waals surface area contributed by atoms with Crippen molar-refractivity contribution in [2.45, 2.75) is 44.3 Å². The van der Waals surface area contributed by atoms with Crippen LogP contribution in [0.5, 0.6) is 5.75 Å². The molecule has 0 amide bonds. The van der Waals surface area contributed by atoms with Crippen LogP contribution < -0.4 is 10.1 Å². The van der Waals surface area contributed by atoms with Gasteiger partial charge in [-0.15, -0.1) is 24.8 Å². The summed E-state index contributed by atoms with van der Waals surface area (Å²) in [4.78, 5) is 2.44. The molecule has 27 heavy (non-hydrogen) atoms. The van der Waals surface area contributed by atoms with Crippen molar-refractivity contribution in [3.8, 4) is 5.75 Å². The van der Waals surface area contributed by atoms with Gasteiger partial charge in [-0.25, -0.2) is 0 Å². The SMILES string of the molecule is Cl.Cl.FC(F)C(F)(F)Oc1ccc([C@H](C2CCCC2)N2CCNCC2)cc1. The molecule has 1 aromatic carbocycles. The van der Waals surface area contributed by atoms with E-state index in [1.165, 1.54) is 25.0 Å². The van der Waals surface area contributed by atoms with E-state index in [4.69, 9.17) is 0 Å². The van der Waals surface area contributed by atoms with Crippen LogP contribution in [0.25, 0.3) is 0 Å². The zero-order chi connectivity index (χ0) is 17.9. The fourth-order valence-electron chi connectivity index (χ4n) is 3.95. The summed E-state index contributed by atoms with van der Waals surface area (Å²) in [5.41, 5.74) is 1.04. The molecular formula is C18H26Cl2F4N2O. The van der Waals surface area contributed by atoms with E-state index in [-0.39, 0.29) is 36.6 Å². The summed E-state index contributed by atoms with van der Waals surface area (Å²) in [5, 5.41) is 3.34. The fourth-order valence-corrected chi connectivity index (χ4v) is 3.95. The smallest absolute Gasteiger partial charge is 0.428 e. The molecular weight excluding hydrogens is 407 g/mol. The number of hydrogen-bond donors (Lipinski definition) is 1. The molecule has 1 saturated carbocycles. The monoisotopic (exact) mass is 432 g/mol. The first-order valence-electron chi connectivity index (χ1n) is 8.87. The molecule has 1 atom stereocenters. The third-order valence-corrected chi connectivity index (χ3v) is 5.12. The van der Waals surface area contributed by atoms with Crippen molar-refractivity contribution in [1.82, 2.24) is 10.2 Å². The first-order chi connectivity index (χ1) is 12.0. The van der Waals surface area contributed by atoms with Crippen LogP contribution in [0.3, 0.4) is 0 Å². The molecule has 1 saturated heterocycles. The van der Waals surface area contributed by atoms with E-state index in [2.05, 4.69) is 15.0 Å². The molecule has 1 aliphatic heterocycles. The van der Waals surface area contributed by atoms with Crippen molar-refractivity contribution in [3.63, 3.8) is 0 Å². The van der Waals surface area contributed by atoms with Gasteiger partial charge in [-0.3, -0.25) is 4.90 Å². The van der Waals surface area contributed by atoms with Gasteiger partial charge < -0.3 is 10.1 Å². The molecule has 2 fully saturated rings. The van der Waals surface area contributed by atoms with Gasteiger partial charge in [-0.1, -0.05) is 25.0 Å². The summed E-state index contributed by atoms with van der Waals surface area (Å²) in [6.45, 7) is 3.77. The lowest BCUT2D eigenvalue weighted by Gasteiger charge is -2.38. The highest BCUT2D eigenvalue weighted by Crippen LogP contribution is 2.40. The van der Waals surface area contributed by atoms with Gasteiger partial charge in [0.15, 0.2) is 0 Å². The molecule has 2 aliphatic rings.